The third kappa shape index (κ3) is 4.01. The summed E-state index contributed by atoms with van der Waals surface area (Å²) in [5.41, 5.74) is 5.55. The van der Waals surface area contributed by atoms with Crippen molar-refractivity contribution < 1.29 is 17.7 Å². The molecule has 0 atom stereocenters. The van der Waals surface area contributed by atoms with E-state index in [9.17, 15) is 13.2 Å². The Balaban J connectivity index is 1.76. The van der Waals surface area contributed by atoms with Gasteiger partial charge < -0.3 is 4.52 Å². The smallest absolute Gasteiger partial charge is 0.248 e. The summed E-state index contributed by atoms with van der Waals surface area (Å²) in [5.74, 6) is 0.407. The summed E-state index contributed by atoms with van der Waals surface area (Å²) < 4.78 is 32.5. The lowest BCUT2D eigenvalue weighted by Crippen LogP contribution is -2.48. The second-order valence-corrected chi connectivity index (χ2v) is 9.75. The molecule has 0 bridgehead atoms. The van der Waals surface area contributed by atoms with Gasteiger partial charge in [-0.15, -0.1) is 0 Å². The molecule has 158 valence electrons. The van der Waals surface area contributed by atoms with Crippen LogP contribution in [0, 0.1) is 34.6 Å². The number of carbonyl (C=O) groups excluding carboxylic acids is 1. The quantitative estimate of drug-likeness (QED) is 0.693. The lowest BCUT2D eigenvalue weighted by molar-refractivity contribution is 0.101. The molecule has 1 aromatic carbocycles. The highest BCUT2D eigenvalue weighted by Crippen LogP contribution is 2.27. The van der Waals surface area contributed by atoms with Gasteiger partial charge in [0, 0.05) is 38.3 Å². The summed E-state index contributed by atoms with van der Waals surface area (Å²) in [7, 11) is -3.61. The van der Waals surface area contributed by atoms with Crippen LogP contribution >= 0.6 is 0 Å². The second kappa shape index (κ2) is 8.01. The predicted molar refractivity (Wildman–Crippen MR) is 111 cm³/mol. The summed E-state index contributed by atoms with van der Waals surface area (Å²) in [4.78, 5) is 14.5. The van der Waals surface area contributed by atoms with Crippen molar-refractivity contribution in [2.45, 2.75) is 53.0 Å². The maximum atomic E-state index is 13.0. The highest BCUT2D eigenvalue weighted by atomic mass is 32.2. The van der Waals surface area contributed by atoms with Crippen molar-refractivity contribution in [3.05, 3.63) is 45.3 Å². The molecule has 2 heterocycles. The van der Waals surface area contributed by atoms with Crippen LogP contribution in [0.3, 0.4) is 0 Å². The fourth-order valence-corrected chi connectivity index (χ4v) is 6.05. The van der Waals surface area contributed by atoms with E-state index >= 15 is 0 Å². The monoisotopic (exact) mass is 419 g/mol. The Hall–Kier alpha value is -2.03. The molecule has 0 spiro atoms. The first-order chi connectivity index (χ1) is 13.5. The van der Waals surface area contributed by atoms with Crippen LogP contribution in [0.15, 0.2) is 15.5 Å². The Labute approximate surface area is 172 Å². The molecule has 1 saturated heterocycles. The minimum atomic E-state index is -3.61. The van der Waals surface area contributed by atoms with E-state index < -0.39 is 10.0 Å². The number of rotatable bonds is 5. The molecule has 0 amide bonds. The maximum Gasteiger partial charge on any atom is 0.248 e. The number of aromatic nitrogens is 1. The van der Waals surface area contributed by atoms with E-state index in [2.05, 4.69) is 23.0 Å². The van der Waals surface area contributed by atoms with Gasteiger partial charge in [-0.3, -0.25) is 9.69 Å². The van der Waals surface area contributed by atoms with Gasteiger partial charge in [0.05, 0.1) is 0 Å². The summed E-state index contributed by atoms with van der Waals surface area (Å²) in [6.07, 6.45) is 0. The zero-order valence-electron chi connectivity index (χ0n) is 18.0. The number of carbonyl (C=O) groups is 1. The molecule has 29 heavy (non-hydrogen) atoms. The molecule has 0 aliphatic carbocycles. The number of hydrogen-bond donors (Lipinski definition) is 0. The van der Waals surface area contributed by atoms with Crippen LogP contribution in [-0.4, -0.2) is 54.7 Å². The van der Waals surface area contributed by atoms with E-state index in [1.807, 2.05) is 13.8 Å². The Kier molecular flexibility index (Phi) is 5.98. The minimum Gasteiger partial charge on any atom is -0.360 e. The third-order valence-electron chi connectivity index (χ3n) is 5.76. The van der Waals surface area contributed by atoms with Crippen LogP contribution in [0.1, 0.15) is 51.0 Å². The molecule has 3 rings (SSSR count). The number of hydrogen-bond acceptors (Lipinski definition) is 6. The van der Waals surface area contributed by atoms with Crippen LogP contribution in [0.2, 0.25) is 0 Å². The highest BCUT2D eigenvalue weighted by molar-refractivity contribution is 7.89. The molecule has 1 aromatic heterocycles. The molecule has 1 aliphatic heterocycles. The first-order valence-corrected chi connectivity index (χ1v) is 11.2. The topological polar surface area (TPSA) is 83.7 Å². The van der Waals surface area contributed by atoms with Gasteiger partial charge in [-0.1, -0.05) is 11.2 Å². The zero-order chi connectivity index (χ0) is 21.5. The SMILES string of the molecule is CC(=O)c1c(C)cc(C)c(CN2CCN(S(=O)(=O)c3c(C)noc3C)CC2)c1C. The molecule has 0 N–H and O–H groups in total. The fraction of sp³-hybridized carbons (Fsp3) is 0.524. The van der Waals surface area contributed by atoms with Crippen LogP contribution < -0.4 is 0 Å². The average molecular weight is 420 g/mol. The summed E-state index contributed by atoms with van der Waals surface area (Å²) >= 11 is 0. The first-order valence-electron chi connectivity index (χ1n) is 9.80. The van der Waals surface area contributed by atoms with Gasteiger partial charge >= 0.3 is 0 Å². The molecular weight excluding hydrogens is 390 g/mol. The van der Waals surface area contributed by atoms with Crippen LogP contribution in [0.4, 0.5) is 0 Å². The Morgan fingerprint density at radius 1 is 1.07 bits per heavy atom. The van der Waals surface area contributed by atoms with Crippen molar-refractivity contribution in [1.82, 2.24) is 14.4 Å². The number of sulfonamides is 1. The lowest BCUT2D eigenvalue weighted by Gasteiger charge is -2.34. The summed E-state index contributed by atoms with van der Waals surface area (Å²) in [6.45, 7) is 13.7. The third-order valence-corrected chi connectivity index (χ3v) is 7.91. The first kappa shape index (κ1) is 21.7. The van der Waals surface area contributed by atoms with E-state index in [0.717, 1.165) is 27.8 Å². The minimum absolute atomic E-state index is 0.0802. The van der Waals surface area contributed by atoms with E-state index in [0.29, 0.717) is 44.2 Å². The number of piperazine rings is 1. The molecule has 1 fully saturated rings. The molecular formula is C21H29N3O4S. The van der Waals surface area contributed by atoms with Gasteiger partial charge in [0.1, 0.15) is 10.6 Å². The Morgan fingerprint density at radius 2 is 1.69 bits per heavy atom. The van der Waals surface area contributed by atoms with Crippen molar-refractivity contribution >= 4 is 15.8 Å². The van der Waals surface area contributed by atoms with Crippen molar-refractivity contribution in [3.8, 4) is 0 Å². The Morgan fingerprint density at radius 3 is 2.21 bits per heavy atom. The van der Waals surface area contributed by atoms with Gasteiger partial charge in [-0.2, -0.15) is 4.31 Å². The van der Waals surface area contributed by atoms with Crippen molar-refractivity contribution in [2.75, 3.05) is 26.2 Å². The lowest BCUT2D eigenvalue weighted by atomic mass is 9.91. The normalized spacial score (nSPS) is 16.3. The van der Waals surface area contributed by atoms with Gasteiger partial charge in [0.25, 0.3) is 0 Å². The van der Waals surface area contributed by atoms with Crippen LogP contribution in [-0.2, 0) is 16.6 Å². The maximum absolute atomic E-state index is 13.0. The average Bonchev–Trinajstić information content (AvgIpc) is 2.97. The van der Waals surface area contributed by atoms with Crippen molar-refractivity contribution in [1.29, 1.82) is 0 Å². The van der Waals surface area contributed by atoms with Crippen LogP contribution in [0.5, 0.6) is 0 Å². The molecule has 7 nitrogen and oxygen atoms in total. The molecule has 8 heteroatoms. The van der Waals surface area contributed by atoms with Gasteiger partial charge in [-0.05, 0) is 63.8 Å². The number of ketones is 1. The standard InChI is InChI=1S/C21H29N3O4S/c1-13-11-14(2)20(17(5)25)15(3)19(13)12-23-7-9-24(10-8-23)29(26,27)21-16(4)22-28-18(21)6/h11H,7-10,12H2,1-6H3. The van der Waals surface area contributed by atoms with Gasteiger partial charge in [0.15, 0.2) is 11.5 Å². The molecule has 2 aromatic rings. The molecule has 0 radical (unpaired) electrons. The number of aryl methyl sites for hydroxylation is 4. The van der Waals surface area contributed by atoms with E-state index in [1.165, 1.54) is 4.31 Å². The van der Waals surface area contributed by atoms with Crippen molar-refractivity contribution in [3.63, 3.8) is 0 Å². The Bertz CT molecular complexity index is 1030. The van der Waals surface area contributed by atoms with E-state index in [1.54, 1.807) is 20.8 Å². The number of benzene rings is 1. The summed E-state index contributed by atoms with van der Waals surface area (Å²) in [6, 6.07) is 2.07. The van der Waals surface area contributed by atoms with Crippen LogP contribution in [0.25, 0.3) is 0 Å². The molecule has 0 unspecified atom stereocenters. The predicted octanol–water partition coefficient (Wildman–Crippen LogP) is 2.93. The van der Waals surface area contributed by atoms with Gasteiger partial charge in [-0.25, -0.2) is 8.42 Å². The fourth-order valence-electron chi connectivity index (χ4n) is 4.34. The molecule has 1 aliphatic rings. The second-order valence-electron chi connectivity index (χ2n) is 7.88. The highest BCUT2D eigenvalue weighted by Gasteiger charge is 2.33. The largest absolute Gasteiger partial charge is 0.360 e. The number of nitrogens with zero attached hydrogens (tertiary/aromatic N) is 3. The van der Waals surface area contributed by atoms with Crippen molar-refractivity contribution in [2.24, 2.45) is 0 Å². The number of Topliss-reactive ketones (excluding diaryl/α,β-unsaturated/α-hetero) is 1. The van der Waals surface area contributed by atoms with E-state index in [4.69, 9.17) is 4.52 Å². The molecule has 0 saturated carbocycles. The summed E-state index contributed by atoms with van der Waals surface area (Å²) in [5, 5.41) is 3.78. The van der Waals surface area contributed by atoms with E-state index in [-0.39, 0.29) is 10.7 Å². The van der Waals surface area contributed by atoms with Gasteiger partial charge in [0.2, 0.25) is 10.0 Å². The zero-order valence-corrected chi connectivity index (χ0v) is 18.8.